The van der Waals surface area contributed by atoms with E-state index in [9.17, 15) is 19.5 Å². The molecule has 0 radical (unpaired) electrons. The van der Waals surface area contributed by atoms with Crippen molar-refractivity contribution in [3.05, 3.63) is 89.2 Å². The van der Waals surface area contributed by atoms with Crippen LogP contribution < -0.4 is 9.47 Å². The molecule has 3 aliphatic rings. The van der Waals surface area contributed by atoms with E-state index in [0.29, 0.717) is 28.4 Å². The van der Waals surface area contributed by atoms with Gasteiger partial charge in [-0.3, -0.25) is 14.4 Å². The maximum Gasteiger partial charge on any atom is 0.323 e. The third kappa shape index (κ3) is 4.50. The second-order valence-electron chi connectivity index (χ2n) is 10.3. The van der Waals surface area contributed by atoms with Crippen molar-refractivity contribution in [2.45, 2.75) is 18.8 Å². The van der Waals surface area contributed by atoms with Crippen LogP contribution in [-0.4, -0.2) is 57.6 Å². The first-order valence-corrected chi connectivity index (χ1v) is 13.3. The molecule has 1 heterocycles. The summed E-state index contributed by atoms with van der Waals surface area (Å²) in [6.07, 6.45) is 7.01. The number of benzene rings is 2. The number of methoxy groups -OCH3 is 3. The van der Waals surface area contributed by atoms with E-state index in [1.807, 2.05) is 36.4 Å². The zero-order valence-corrected chi connectivity index (χ0v) is 23.1. The first-order valence-electron chi connectivity index (χ1n) is 13.3. The van der Waals surface area contributed by atoms with E-state index in [4.69, 9.17) is 23.7 Å². The Balaban J connectivity index is 1.79. The summed E-state index contributed by atoms with van der Waals surface area (Å²) in [7, 11) is 4.28. The highest BCUT2D eigenvalue weighted by Gasteiger charge is 2.70. The first-order chi connectivity index (χ1) is 19.8. The topological polar surface area (TPSA) is 118 Å². The molecule has 41 heavy (non-hydrogen) atoms. The fourth-order valence-electron chi connectivity index (χ4n) is 6.65. The van der Waals surface area contributed by atoms with Crippen LogP contribution in [0.4, 0.5) is 0 Å². The van der Waals surface area contributed by atoms with Crippen LogP contribution in [0.15, 0.2) is 78.1 Å². The van der Waals surface area contributed by atoms with Gasteiger partial charge in [0, 0.05) is 11.5 Å². The Morgan fingerprint density at radius 3 is 2.24 bits per heavy atom. The Morgan fingerprint density at radius 1 is 0.976 bits per heavy atom. The third-order valence-corrected chi connectivity index (χ3v) is 8.53. The molecule has 9 nitrogen and oxygen atoms in total. The Bertz CT molecular complexity index is 1420. The Kier molecular flexibility index (Phi) is 7.73. The third-order valence-electron chi connectivity index (χ3n) is 8.53. The van der Waals surface area contributed by atoms with Crippen LogP contribution in [0.25, 0.3) is 6.08 Å². The maximum atomic E-state index is 14.4. The van der Waals surface area contributed by atoms with Crippen molar-refractivity contribution in [3.63, 3.8) is 0 Å². The number of carboxylic acids is 1. The summed E-state index contributed by atoms with van der Waals surface area (Å²) >= 11 is 0. The van der Waals surface area contributed by atoms with Crippen LogP contribution in [-0.2, 0) is 28.6 Å². The number of carbonyl (C=O) groups excluding carboxylic acids is 2. The van der Waals surface area contributed by atoms with Gasteiger partial charge in [0.1, 0.15) is 17.3 Å². The lowest BCUT2D eigenvalue weighted by Crippen LogP contribution is -2.61. The summed E-state index contributed by atoms with van der Waals surface area (Å²) in [6.45, 7) is 0.0376. The van der Waals surface area contributed by atoms with Crippen LogP contribution in [0.1, 0.15) is 29.9 Å². The molecule has 1 spiro atoms. The molecule has 2 aromatic rings. The molecular formula is C32H32O9. The number of rotatable bonds is 7. The van der Waals surface area contributed by atoms with Gasteiger partial charge in [0.2, 0.25) is 0 Å². The number of ether oxygens (including phenoxy) is 5. The van der Waals surface area contributed by atoms with Gasteiger partial charge in [-0.2, -0.15) is 0 Å². The number of hydrogen-bond donors (Lipinski definition) is 1. The Morgan fingerprint density at radius 2 is 1.63 bits per heavy atom. The first kappa shape index (κ1) is 28.2. The number of hydrogen-bond acceptors (Lipinski definition) is 8. The van der Waals surface area contributed by atoms with E-state index in [2.05, 4.69) is 0 Å². The summed E-state index contributed by atoms with van der Waals surface area (Å²) in [5.74, 6) is -2.56. The molecule has 9 heteroatoms. The zero-order valence-electron chi connectivity index (χ0n) is 23.1. The van der Waals surface area contributed by atoms with E-state index in [-0.39, 0.29) is 32.0 Å². The molecular weight excluding hydrogens is 528 g/mol. The van der Waals surface area contributed by atoms with Crippen molar-refractivity contribution >= 4 is 23.8 Å². The van der Waals surface area contributed by atoms with Crippen LogP contribution in [0.5, 0.6) is 11.5 Å². The molecule has 2 aromatic carbocycles. The van der Waals surface area contributed by atoms with E-state index < -0.39 is 34.6 Å². The smallest absolute Gasteiger partial charge is 0.323 e. The highest BCUT2D eigenvalue weighted by Crippen LogP contribution is 2.65. The zero-order chi connectivity index (χ0) is 29.2. The van der Waals surface area contributed by atoms with Crippen molar-refractivity contribution < 1.29 is 43.2 Å². The largest absolute Gasteiger partial charge is 0.497 e. The molecule has 0 aromatic heterocycles. The van der Waals surface area contributed by atoms with Crippen molar-refractivity contribution in [1.82, 2.24) is 0 Å². The van der Waals surface area contributed by atoms with Crippen LogP contribution in [0.2, 0.25) is 0 Å². The minimum atomic E-state index is -2.07. The van der Waals surface area contributed by atoms with Gasteiger partial charge in [-0.15, -0.1) is 0 Å². The van der Waals surface area contributed by atoms with Crippen LogP contribution >= 0.6 is 0 Å². The fourth-order valence-corrected chi connectivity index (χ4v) is 6.65. The van der Waals surface area contributed by atoms with Gasteiger partial charge in [-0.05, 0) is 66.3 Å². The number of allylic oxidation sites excluding steroid dienone is 3. The monoisotopic (exact) mass is 560 g/mol. The van der Waals surface area contributed by atoms with Crippen molar-refractivity contribution in [3.8, 4) is 11.5 Å². The lowest BCUT2D eigenvalue weighted by molar-refractivity contribution is -0.178. The molecule has 4 atom stereocenters. The minimum Gasteiger partial charge on any atom is -0.497 e. The number of aliphatic carboxylic acids is 1. The lowest BCUT2D eigenvalue weighted by Gasteiger charge is -2.56. The van der Waals surface area contributed by atoms with Gasteiger partial charge in [0.15, 0.2) is 18.0 Å². The van der Waals surface area contributed by atoms with Crippen LogP contribution in [0, 0.1) is 16.7 Å². The Hall–Kier alpha value is -4.37. The molecule has 214 valence electrons. The summed E-state index contributed by atoms with van der Waals surface area (Å²) < 4.78 is 27.3. The predicted octanol–water partition coefficient (Wildman–Crippen LogP) is 4.54. The van der Waals surface area contributed by atoms with Crippen molar-refractivity contribution in [2.75, 3.05) is 34.7 Å². The second-order valence-corrected chi connectivity index (χ2v) is 10.3. The average molecular weight is 561 g/mol. The molecule has 1 aliphatic heterocycles. The highest BCUT2D eigenvalue weighted by molar-refractivity contribution is 6.06. The summed E-state index contributed by atoms with van der Waals surface area (Å²) in [5.41, 5.74) is -1.72. The molecule has 0 amide bonds. The molecule has 1 fully saturated rings. The van der Waals surface area contributed by atoms with Crippen LogP contribution in [0.3, 0.4) is 0 Å². The van der Waals surface area contributed by atoms with Gasteiger partial charge in [-0.25, -0.2) is 0 Å². The molecule has 2 aliphatic carbocycles. The predicted molar refractivity (Wildman–Crippen MR) is 148 cm³/mol. The quantitative estimate of drug-likeness (QED) is 0.385. The summed E-state index contributed by atoms with van der Waals surface area (Å²) in [4.78, 5) is 41.3. The van der Waals surface area contributed by atoms with E-state index in [1.54, 1.807) is 37.5 Å². The SMILES string of the molecule is COC(=O)C1(C(=O)O)CCC(/C=C/c2ccc(OC)cc2)C2(C(=O)C=CC3=C2COCO3)C1c1ccc(OC)cc1. The molecule has 1 saturated carbocycles. The van der Waals surface area contributed by atoms with Crippen molar-refractivity contribution in [1.29, 1.82) is 0 Å². The number of esters is 1. The van der Waals surface area contributed by atoms with Gasteiger partial charge >= 0.3 is 11.9 Å². The van der Waals surface area contributed by atoms with E-state index in [0.717, 1.165) is 5.56 Å². The number of fused-ring (bicyclic) bond motifs is 1. The van der Waals surface area contributed by atoms with Crippen molar-refractivity contribution in [2.24, 2.45) is 16.7 Å². The lowest BCUT2D eigenvalue weighted by atomic mass is 9.44. The maximum absolute atomic E-state index is 14.4. The normalized spacial score (nSPS) is 27.3. The average Bonchev–Trinajstić information content (AvgIpc) is 3.01. The number of carboxylic acid groups (broad SMARTS) is 1. The number of carbonyl (C=O) groups is 3. The van der Waals surface area contributed by atoms with E-state index in [1.165, 1.54) is 20.3 Å². The van der Waals surface area contributed by atoms with Gasteiger partial charge in [-0.1, -0.05) is 36.4 Å². The number of ketones is 1. The molecule has 1 N–H and O–H groups in total. The van der Waals surface area contributed by atoms with Gasteiger partial charge in [0.05, 0.1) is 33.4 Å². The highest BCUT2D eigenvalue weighted by atomic mass is 16.7. The standard InChI is InChI=1S/C32H32O9/c1-37-23-10-5-20(6-11-23)4-9-22-16-17-31(29(34)35,30(36)39-3)28(21-7-12-24(38-2)13-8-21)32(22)25-18-40-19-41-26(25)14-15-27(32)33/h4-15,22,28H,16-19H2,1-3H3,(H,34,35)/b9-4+. The fraction of sp³-hybridized carbons (Fsp3) is 0.344. The summed E-state index contributed by atoms with van der Waals surface area (Å²) in [5, 5.41) is 10.8. The molecule has 0 bridgehead atoms. The molecule has 0 saturated heterocycles. The molecule has 4 unspecified atom stereocenters. The minimum absolute atomic E-state index is 0.00588. The van der Waals surface area contributed by atoms with E-state index >= 15 is 0 Å². The molecule has 5 rings (SSSR count). The van der Waals surface area contributed by atoms with Gasteiger partial charge in [0.25, 0.3) is 0 Å². The van der Waals surface area contributed by atoms with Gasteiger partial charge < -0.3 is 28.8 Å². The summed E-state index contributed by atoms with van der Waals surface area (Å²) in [6, 6.07) is 14.2. The Labute approximate surface area is 238 Å². The second kappa shape index (κ2) is 11.2.